The van der Waals surface area contributed by atoms with Crippen LogP contribution in [0.25, 0.3) is 6.08 Å². The van der Waals surface area contributed by atoms with E-state index in [9.17, 15) is 14.4 Å². The number of ether oxygens (including phenoxy) is 1. The van der Waals surface area contributed by atoms with Crippen LogP contribution in [0, 0.1) is 17.1 Å². The number of amides is 1. The van der Waals surface area contributed by atoms with Crippen LogP contribution in [0.5, 0.6) is 5.75 Å². The van der Waals surface area contributed by atoms with Crippen molar-refractivity contribution in [3.63, 3.8) is 0 Å². The van der Waals surface area contributed by atoms with Crippen molar-refractivity contribution in [3.8, 4) is 11.8 Å². The first-order valence-corrected chi connectivity index (χ1v) is 10.5. The van der Waals surface area contributed by atoms with Crippen molar-refractivity contribution in [2.45, 2.75) is 13.3 Å². The number of hydrogen-bond acceptors (Lipinski definition) is 3. The highest BCUT2D eigenvalue weighted by atomic mass is 79.9. The zero-order valence-corrected chi connectivity index (χ0v) is 18.4. The summed E-state index contributed by atoms with van der Waals surface area (Å²) in [6, 6.07) is 20.9. The maximum Gasteiger partial charge on any atom is 0.266 e. The Morgan fingerprint density at radius 3 is 2.61 bits per heavy atom. The van der Waals surface area contributed by atoms with Crippen molar-refractivity contribution in [3.05, 3.63) is 99.3 Å². The molecule has 0 atom stereocenters. The average molecular weight is 479 g/mol. The molecule has 4 nitrogen and oxygen atoms in total. The predicted molar refractivity (Wildman–Crippen MR) is 123 cm³/mol. The number of nitrogens with zero attached hydrogens (tertiary/aromatic N) is 1. The third-order valence-electron chi connectivity index (χ3n) is 4.48. The molecule has 156 valence electrons. The number of anilines is 1. The van der Waals surface area contributed by atoms with Crippen molar-refractivity contribution in [1.29, 1.82) is 5.26 Å². The van der Waals surface area contributed by atoms with Crippen molar-refractivity contribution < 1.29 is 13.9 Å². The number of nitrogens with one attached hydrogen (secondary N) is 1. The molecule has 0 heterocycles. The number of nitriles is 1. The molecule has 1 N–H and O–H groups in total. The Morgan fingerprint density at radius 1 is 1.16 bits per heavy atom. The van der Waals surface area contributed by atoms with Crippen LogP contribution in [-0.2, 0) is 11.2 Å². The Kier molecular flexibility index (Phi) is 7.58. The van der Waals surface area contributed by atoms with Gasteiger partial charge in [0.15, 0.2) is 0 Å². The van der Waals surface area contributed by atoms with Gasteiger partial charge in [0.05, 0.1) is 6.61 Å². The van der Waals surface area contributed by atoms with Crippen LogP contribution in [0.4, 0.5) is 10.1 Å². The van der Waals surface area contributed by atoms with Crippen LogP contribution >= 0.6 is 15.9 Å². The second kappa shape index (κ2) is 10.6. The van der Waals surface area contributed by atoms with Crippen LogP contribution < -0.4 is 10.1 Å². The van der Waals surface area contributed by atoms with E-state index in [1.807, 2.05) is 37.3 Å². The van der Waals surface area contributed by atoms with Gasteiger partial charge in [-0.2, -0.15) is 5.26 Å². The molecule has 0 aliphatic rings. The van der Waals surface area contributed by atoms with E-state index < -0.39 is 5.91 Å². The minimum atomic E-state index is -0.511. The summed E-state index contributed by atoms with van der Waals surface area (Å²) in [4.78, 5) is 12.7. The molecule has 0 fully saturated rings. The lowest BCUT2D eigenvalue weighted by Crippen LogP contribution is -2.13. The van der Waals surface area contributed by atoms with Gasteiger partial charge >= 0.3 is 0 Å². The fourth-order valence-corrected chi connectivity index (χ4v) is 3.41. The molecule has 31 heavy (non-hydrogen) atoms. The Morgan fingerprint density at radius 2 is 1.94 bits per heavy atom. The first-order valence-electron chi connectivity index (χ1n) is 9.67. The molecule has 3 aromatic rings. The Bertz CT molecular complexity index is 1150. The Balaban J connectivity index is 1.84. The molecule has 1 amide bonds. The fourth-order valence-electron chi connectivity index (χ4n) is 3.03. The van der Waals surface area contributed by atoms with E-state index >= 15 is 0 Å². The molecule has 0 unspecified atom stereocenters. The smallest absolute Gasteiger partial charge is 0.266 e. The van der Waals surface area contributed by atoms with E-state index in [0.29, 0.717) is 30.0 Å². The van der Waals surface area contributed by atoms with E-state index in [1.165, 1.54) is 12.1 Å². The van der Waals surface area contributed by atoms with Gasteiger partial charge in [0, 0.05) is 10.2 Å². The van der Waals surface area contributed by atoms with Gasteiger partial charge in [0.25, 0.3) is 5.91 Å². The quantitative estimate of drug-likeness (QED) is 0.328. The highest BCUT2D eigenvalue weighted by Crippen LogP contribution is 2.23. The van der Waals surface area contributed by atoms with Gasteiger partial charge in [-0.3, -0.25) is 4.79 Å². The van der Waals surface area contributed by atoms with E-state index in [2.05, 4.69) is 21.2 Å². The zero-order chi connectivity index (χ0) is 22.2. The summed E-state index contributed by atoms with van der Waals surface area (Å²) in [7, 11) is 0. The molecular weight excluding hydrogens is 459 g/mol. The van der Waals surface area contributed by atoms with Gasteiger partial charge in [0.1, 0.15) is 23.2 Å². The van der Waals surface area contributed by atoms with E-state index in [1.54, 1.807) is 36.4 Å². The normalized spacial score (nSPS) is 11.0. The summed E-state index contributed by atoms with van der Waals surface area (Å²) >= 11 is 3.43. The first kappa shape index (κ1) is 22.3. The van der Waals surface area contributed by atoms with Gasteiger partial charge in [-0.05, 0) is 84.6 Å². The lowest BCUT2D eigenvalue weighted by molar-refractivity contribution is -0.112. The molecule has 0 aromatic heterocycles. The lowest BCUT2D eigenvalue weighted by Gasteiger charge is -2.09. The molecule has 3 rings (SSSR count). The number of benzene rings is 3. The second-order valence-electron chi connectivity index (χ2n) is 6.73. The maximum absolute atomic E-state index is 13.6. The summed E-state index contributed by atoms with van der Waals surface area (Å²) in [6.45, 7) is 2.45. The second-order valence-corrected chi connectivity index (χ2v) is 7.65. The Labute approximate surface area is 189 Å². The summed E-state index contributed by atoms with van der Waals surface area (Å²) in [6.07, 6.45) is 2.01. The van der Waals surface area contributed by atoms with Crippen LogP contribution in [0.2, 0.25) is 0 Å². The maximum atomic E-state index is 13.6. The van der Waals surface area contributed by atoms with Crippen molar-refractivity contribution in [2.75, 3.05) is 11.9 Å². The van der Waals surface area contributed by atoms with Crippen LogP contribution in [0.3, 0.4) is 0 Å². The number of hydrogen-bond donors (Lipinski definition) is 1. The van der Waals surface area contributed by atoms with E-state index in [0.717, 1.165) is 15.6 Å². The van der Waals surface area contributed by atoms with Gasteiger partial charge in [0.2, 0.25) is 0 Å². The first-order chi connectivity index (χ1) is 15.0. The Hall–Kier alpha value is -3.43. The number of carbonyl (C=O) groups excluding carboxylic acids is 1. The van der Waals surface area contributed by atoms with Gasteiger partial charge in [-0.15, -0.1) is 0 Å². The molecule has 0 spiro atoms. The third-order valence-corrected chi connectivity index (χ3v) is 4.97. The predicted octanol–water partition coefficient (Wildman–Crippen LogP) is 6.12. The molecule has 3 aromatic carbocycles. The number of carbonyl (C=O) groups is 1. The van der Waals surface area contributed by atoms with E-state index in [4.69, 9.17) is 4.74 Å². The summed E-state index contributed by atoms with van der Waals surface area (Å²) in [5.41, 5.74) is 2.90. The topological polar surface area (TPSA) is 62.1 Å². The SMILES string of the molecule is CCOc1ccc(NC(=O)/C(C#N)=C/c2cc(Br)ccc2Cc2cccc(F)c2)cc1. The molecule has 0 saturated heterocycles. The molecule has 0 aliphatic carbocycles. The number of halogens is 2. The molecule has 0 aliphatic heterocycles. The van der Waals surface area contributed by atoms with Gasteiger partial charge in [-0.25, -0.2) is 4.39 Å². The fraction of sp³-hybridized carbons (Fsp3) is 0.120. The lowest BCUT2D eigenvalue weighted by atomic mass is 9.98. The highest BCUT2D eigenvalue weighted by molar-refractivity contribution is 9.10. The van der Waals surface area contributed by atoms with Crippen LogP contribution in [0.15, 0.2) is 76.8 Å². The largest absolute Gasteiger partial charge is 0.494 e. The third kappa shape index (κ3) is 6.27. The molecule has 6 heteroatoms. The van der Waals surface area contributed by atoms with Crippen molar-refractivity contribution in [2.24, 2.45) is 0 Å². The van der Waals surface area contributed by atoms with Gasteiger partial charge < -0.3 is 10.1 Å². The summed E-state index contributed by atoms with van der Waals surface area (Å²) in [5, 5.41) is 12.3. The molecule has 0 saturated carbocycles. The molecular formula is C25H20BrFN2O2. The molecule has 0 bridgehead atoms. The zero-order valence-electron chi connectivity index (χ0n) is 16.9. The highest BCUT2D eigenvalue weighted by Gasteiger charge is 2.12. The van der Waals surface area contributed by atoms with Crippen molar-refractivity contribution >= 4 is 33.6 Å². The standard InChI is InChI=1S/C25H20BrFN2O2/c1-2-31-24-10-8-23(9-11-24)29-25(30)20(16-28)14-19-15-21(26)7-6-18(19)12-17-4-3-5-22(27)13-17/h3-11,13-15H,2,12H2,1H3,(H,29,30)/b20-14+. The van der Waals surface area contributed by atoms with Crippen molar-refractivity contribution in [1.82, 2.24) is 0 Å². The average Bonchev–Trinajstić information content (AvgIpc) is 2.75. The van der Waals surface area contributed by atoms with Crippen LogP contribution in [-0.4, -0.2) is 12.5 Å². The minimum Gasteiger partial charge on any atom is -0.494 e. The summed E-state index contributed by atoms with van der Waals surface area (Å²) < 4.78 is 19.8. The molecule has 0 radical (unpaired) electrons. The van der Waals surface area contributed by atoms with Crippen LogP contribution in [0.1, 0.15) is 23.6 Å². The number of rotatable bonds is 7. The minimum absolute atomic E-state index is 0.0347. The monoisotopic (exact) mass is 478 g/mol. The summed E-state index contributed by atoms with van der Waals surface area (Å²) in [5.74, 6) is -0.116. The van der Waals surface area contributed by atoms with E-state index in [-0.39, 0.29) is 11.4 Å². The van der Waals surface area contributed by atoms with Gasteiger partial charge in [-0.1, -0.05) is 34.1 Å².